The minimum Gasteiger partial charge on any atom is -0.198 e. The van der Waals surface area contributed by atoms with E-state index in [9.17, 15) is 0 Å². The van der Waals surface area contributed by atoms with Crippen LogP contribution < -0.4 is 0 Å². The Kier molecular flexibility index (Phi) is 31.6. The molecule has 7 heteroatoms. The van der Waals surface area contributed by atoms with Crippen LogP contribution in [-0.4, -0.2) is 0 Å². The van der Waals surface area contributed by atoms with E-state index in [1.54, 1.807) is 0 Å². The molecule has 0 radical (unpaired) electrons. The van der Waals surface area contributed by atoms with Gasteiger partial charge in [0.1, 0.15) is 0 Å². The Hall–Kier alpha value is -2.37. The van der Waals surface area contributed by atoms with Gasteiger partial charge in [0.05, 0.1) is 36.4 Å². The first-order chi connectivity index (χ1) is 15.4. The second-order valence-corrected chi connectivity index (χ2v) is 14.2. The summed E-state index contributed by atoms with van der Waals surface area (Å²) in [6.07, 6.45) is 0. The fourth-order valence-corrected chi connectivity index (χ4v) is 0. The molecule has 37 heavy (non-hydrogen) atoms. The summed E-state index contributed by atoms with van der Waals surface area (Å²) in [7, 11) is 0. The molecule has 0 fully saturated rings. The first kappa shape index (κ1) is 51.3. The zero-order chi connectivity index (χ0) is 31.2. The van der Waals surface area contributed by atoms with Gasteiger partial charge in [0.2, 0.25) is 0 Å². The van der Waals surface area contributed by atoms with Crippen LogP contribution in [-0.2, 0) is 21.1 Å². The van der Waals surface area contributed by atoms with Crippen molar-refractivity contribution in [3.63, 3.8) is 0 Å². The van der Waals surface area contributed by atoms with Gasteiger partial charge in [-0.3, -0.25) is 0 Å². The molecule has 0 rings (SSSR count). The third-order valence-electron chi connectivity index (χ3n) is 2.01. The number of nitrogens with zero attached hydrogens (tertiary/aromatic N) is 6. The van der Waals surface area contributed by atoms with Crippen molar-refractivity contribution in [2.24, 2.45) is 32.5 Å². The standard InChI is InChI=1S/6C5H9N.W/c6*1-5(2,3)4-6;/h6*1-3H3;. The third kappa shape index (κ3) is 138. The molecule has 0 aliphatic rings. The van der Waals surface area contributed by atoms with Crippen molar-refractivity contribution in [3.8, 4) is 36.4 Å². The zero-order valence-electron chi connectivity index (χ0n) is 27.1. The van der Waals surface area contributed by atoms with Crippen molar-refractivity contribution < 1.29 is 21.1 Å². The summed E-state index contributed by atoms with van der Waals surface area (Å²) < 4.78 is 0. The van der Waals surface area contributed by atoms with Gasteiger partial charge in [-0.1, -0.05) is 0 Å². The fraction of sp³-hybridized carbons (Fsp3) is 0.800. The summed E-state index contributed by atoms with van der Waals surface area (Å²) in [5, 5.41) is 48.9. The molecule has 0 aromatic carbocycles. The number of nitriles is 6. The Morgan fingerprint density at radius 3 is 0.270 bits per heavy atom. The number of hydrogen-bond acceptors (Lipinski definition) is 6. The van der Waals surface area contributed by atoms with Crippen molar-refractivity contribution >= 4 is 0 Å². The molecular weight excluding hydrogens is 628 g/mol. The molecule has 0 N–H and O–H groups in total. The molecule has 0 amide bonds. The fourth-order valence-electron chi connectivity index (χ4n) is 0. The van der Waals surface area contributed by atoms with Crippen LogP contribution in [0.25, 0.3) is 0 Å². The van der Waals surface area contributed by atoms with E-state index < -0.39 is 0 Å². The van der Waals surface area contributed by atoms with Crippen LogP contribution in [0.3, 0.4) is 0 Å². The average molecular weight is 683 g/mol. The second kappa shape index (κ2) is 22.8. The van der Waals surface area contributed by atoms with Gasteiger partial charge >= 0.3 is 0 Å². The average Bonchev–Trinajstić information content (AvgIpc) is 2.67. The van der Waals surface area contributed by atoms with Crippen LogP contribution >= 0.6 is 0 Å². The monoisotopic (exact) mass is 682 g/mol. The van der Waals surface area contributed by atoms with E-state index in [1.165, 1.54) is 0 Å². The van der Waals surface area contributed by atoms with Gasteiger partial charge in [0, 0.05) is 53.6 Å². The molecule has 0 unspecified atom stereocenters. The molecule has 6 nitrogen and oxygen atoms in total. The maximum Gasteiger partial charge on any atom is 0.0680 e. The minimum absolute atomic E-state index is 0. The van der Waals surface area contributed by atoms with Gasteiger partial charge in [0.15, 0.2) is 0 Å². The molecule has 0 aliphatic carbocycles. The number of hydrogen-bond donors (Lipinski definition) is 0. The Morgan fingerprint density at radius 2 is 0.270 bits per heavy atom. The first-order valence-electron chi connectivity index (χ1n) is 11.8. The SMILES string of the molecule is CC(C)(C)C#N.CC(C)(C)C#N.CC(C)(C)C#N.CC(C)(C)C#N.CC(C)(C)C#N.CC(C)(C)C#N.[W]. The van der Waals surface area contributed by atoms with E-state index in [0.29, 0.717) is 0 Å². The summed E-state index contributed by atoms with van der Waals surface area (Å²) in [6.45, 7) is 33.9. The molecular formula is C30H54N6W. The molecule has 0 aliphatic heterocycles. The van der Waals surface area contributed by atoms with Crippen LogP contribution in [0.4, 0.5) is 0 Å². The predicted molar refractivity (Wildman–Crippen MR) is 150 cm³/mol. The molecule has 0 aromatic rings. The van der Waals surface area contributed by atoms with E-state index in [1.807, 2.05) is 125 Å². The normalized spacial score (nSPS) is 10.1. The van der Waals surface area contributed by atoms with E-state index in [0.717, 1.165) is 0 Å². The molecule has 0 heterocycles. The maximum absolute atomic E-state index is 8.15. The van der Waals surface area contributed by atoms with Crippen LogP contribution in [0.2, 0.25) is 0 Å². The summed E-state index contributed by atoms with van der Waals surface area (Å²) >= 11 is 0. The third-order valence-corrected chi connectivity index (χ3v) is 2.01. The van der Waals surface area contributed by atoms with Gasteiger partial charge in [-0.05, 0) is 125 Å². The van der Waals surface area contributed by atoms with Gasteiger partial charge in [-0.25, -0.2) is 0 Å². The van der Waals surface area contributed by atoms with Crippen molar-refractivity contribution in [2.75, 3.05) is 0 Å². The summed E-state index contributed by atoms with van der Waals surface area (Å²) in [5.41, 5.74) is -0.917. The van der Waals surface area contributed by atoms with Crippen LogP contribution in [0.15, 0.2) is 0 Å². The molecule has 0 atom stereocenters. The van der Waals surface area contributed by atoms with Gasteiger partial charge in [-0.2, -0.15) is 31.6 Å². The van der Waals surface area contributed by atoms with Crippen LogP contribution in [0.1, 0.15) is 125 Å². The van der Waals surface area contributed by atoms with Crippen molar-refractivity contribution in [3.05, 3.63) is 0 Å². The smallest absolute Gasteiger partial charge is 0.0680 e. The summed E-state index contributed by atoms with van der Waals surface area (Å²) in [4.78, 5) is 0. The molecule has 0 bridgehead atoms. The predicted octanol–water partition coefficient (Wildman–Crippen LogP) is 9.33. The van der Waals surface area contributed by atoms with E-state index in [-0.39, 0.29) is 53.6 Å². The first-order valence-corrected chi connectivity index (χ1v) is 11.8. The largest absolute Gasteiger partial charge is 0.198 e. The van der Waals surface area contributed by atoms with E-state index in [4.69, 9.17) is 31.6 Å². The van der Waals surface area contributed by atoms with Gasteiger partial charge in [-0.15, -0.1) is 0 Å². The van der Waals surface area contributed by atoms with Crippen molar-refractivity contribution in [1.82, 2.24) is 0 Å². The second-order valence-electron chi connectivity index (χ2n) is 14.2. The van der Waals surface area contributed by atoms with E-state index in [2.05, 4.69) is 36.4 Å². The topological polar surface area (TPSA) is 143 Å². The minimum atomic E-state index is -0.153. The van der Waals surface area contributed by atoms with Gasteiger partial charge in [0.25, 0.3) is 0 Å². The maximum atomic E-state index is 8.15. The zero-order valence-corrected chi connectivity index (χ0v) is 30.0. The van der Waals surface area contributed by atoms with Crippen molar-refractivity contribution in [2.45, 2.75) is 125 Å². The molecule has 0 aromatic heterocycles. The van der Waals surface area contributed by atoms with Crippen LogP contribution in [0.5, 0.6) is 0 Å². The summed E-state index contributed by atoms with van der Waals surface area (Å²) in [6, 6.07) is 12.6. The Bertz CT molecular complexity index is 618. The molecule has 0 spiro atoms. The van der Waals surface area contributed by atoms with Crippen molar-refractivity contribution in [1.29, 1.82) is 31.6 Å². The van der Waals surface area contributed by atoms with E-state index >= 15 is 0 Å². The number of rotatable bonds is 0. The van der Waals surface area contributed by atoms with Gasteiger partial charge < -0.3 is 0 Å². The Labute approximate surface area is 245 Å². The summed E-state index contributed by atoms with van der Waals surface area (Å²) in [5.74, 6) is 0. The molecule has 0 saturated carbocycles. The molecule has 210 valence electrons. The Balaban J connectivity index is -0.0000000581. The molecule has 0 saturated heterocycles. The Morgan fingerprint density at radius 1 is 0.243 bits per heavy atom. The van der Waals surface area contributed by atoms with Crippen LogP contribution in [0, 0.1) is 100 Å². The quantitative estimate of drug-likeness (QED) is 0.249.